The van der Waals surface area contributed by atoms with E-state index in [2.05, 4.69) is 0 Å². The lowest BCUT2D eigenvalue weighted by atomic mass is 10.1. The highest BCUT2D eigenvalue weighted by Gasteiger charge is 2.21. The second kappa shape index (κ2) is 8.38. The number of hydrogen-bond acceptors (Lipinski definition) is 5. The lowest BCUT2D eigenvalue weighted by Crippen LogP contribution is -2.35. The van der Waals surface area contributed by atoms with Gasteiger partial charge in [-0.05, 0) is 36.6 Å². The molecule has 6 nitrogen and oxygen atoms in total. The number of amides is 2. The van der Waals surface area contributed by atoms with Gasteiger partial charge in [0.1, 0.15) is 0 Å². The standard InChI is InChI=1S/C18H23NO5/c1-22-14-11-13(12-15(23-2)18(14)24-3)8-9-17(21)19-10-6-4-5-7-16(19)20/h8-9,11-12H,4-7,10H2,1-3H3/b9-8+. The molecule has 0 N–H and O–H groups in total. The summed E-state index contributed by atoms with van der Waals surface area (Å²) in [7, 11) is 4.60. The Bertz CT molecular complexity index is 613. The van der Waals surface area contributed by atoms with Crippen molar-refractivity contribution in [2.75, 3.05) is 27.9 Å². The molecule has 0 aromatic heterocycles. The van der Waals surface area contributed by atoms with E-state index in [9.17, 15) is 9.59 Å². The van der Waals surface area contributed by atoms with Crippen LogP contribution in [0.1, 0.15) is 31.2 Å². The summed E-state index contributed by atoms with van der Waals surface area (Å²) < 4.78 is 15.8. The zero-order chi connectivity index (χ0) is 17.5. The molecule has 2 rings (SSSR count). The van der Waals surface area contributed by atoms with E-state index >= 15 is 0 Å². The number of rotatable bonds is 5. The molecule has 0 bridgehead atoms. The molecule has 0 saturated carbocycles. The summed E-state index contributed by atoms with van der Waals surface area (Å²) in [5, 5.41) is 0. The van der Waals surface area contributed by atoms with Crippen molar-refractivity contribution in [1.29, 1.82) is 0 Å². The molecule has 0 unspecified atom stereocenters. The van der Waals surface area contributed by atoms with Crippen molar-refractivity contribution in [2.45, 2.75) is 25.7 Å². The number of likely N-dealkylation sites (tertiary alicyclic amines) is 1. The van der Waals surface area contributed by atoms with Crippen LogP contribution in [-0.2, 0) is 9.59 Å². The van der Waals surface area contributed by atoms with Crippen LogP contribution in [0, 0.1) is 0 Å². The van der Waals surface area contributed by atoms with Crippen molar-refractivity contribution in [1.82, 2.24) is 4.90 Å². The number of ether oxygens (including phenoxy) is 3. The second-order valence-corrected chi connectivity index (χ2v) is 5.49. The topological polar surface area (TPSA) is 65.1 Å². The molecule has 1 aliphatic heterocycles. The predicted molar refractivity (Wildman–Crippen MR) is 90.3 cm³/mol. The Hall–Kier alpha value is -2.50. The Kier molecular flexibility index (Phi) is 6.23. The fourth-order valence-corrected chi connectivity index (χ4v) is 2.67. The summed E-state index contributed by atoms with van der Waals surface area (Å²) in [6.07, 6.45) is 6.17. The molecule has 1 aliphatic rings. The van der Waals surface area contributed by atoms with Gasteiger partial charge >= 0.3 is 0 Å². The van der Waals surface area contributed by atoms with E-state index in [0.29, 0.717) is 30.2 Å². The number of carbonyl (C=O) groups excluding carboxylic acids is 2. The Morgan fingerprint density at radius 1 is 1.04 bits per heavy atom. The lowest BCUT2D eigenvalue weighted by molar-refractivity contribution is -0.141. The molecule has 0 radical (unpaired) electrons. The maximum atomic E-state index is 12.3. The zero-order valence-electron chi connectivity index (χ0n) is 14.3. The van der Waals surface area contributed by atoms with Gasteiger partial charge in [-0.3, -0.25) is 14.5 Å². The van der Waals surface area contributed by atoms with Crippen molar-refractivity contribution >= 4 is 17.9 Å². The minimum Gasteiger partial charge on any atom is -0.493 e. The Labute approximate surface area is 142 Å². The fourth-order valence-electron chi connectivity index (χ4n) is 2.67. The van der Waals surface area contributed by atoms with E-state index in [1.165, 1.54) is 32.3 Å². The van der Waals surface area contributed by atoms with Crippen LogP contribution in [0.3, 0.4) is 0 Å². The zero-order valence-corrected chi connectivity index (χ0v) is 14.3. The smallest absolute Gasteiger partial charge is 0.253 e. The van der Waals surface area contributed by atoms with Gasteiger partial charge in [0.2, 0.25) is 11.7 Å². The van der Waals surface area contributed by atoms with Gasteiger partial charge in [0, 0.05) is 19.0 Å². The Balaban J connectivity index is 2.21. The predicted octanol–water partition coefficient (Wildman–Crippen LogP) is 2.65. The molecule has 6 heteroatoms. The first kappa shape index (κ1) is 17.8. The first-order chi connectivity index (χ1) is 11.6. The summed E-state index contributed by atoms with van der Waals surface area (Å²) in [6, 6.07) is 3.49. The number of hydrogen-bond donors (Lipinski definition) is 0. The number of methoxy groups -OCH3 is 3. The monoisotopic (exact) mass is 333 g/mol. The molecule has 24 heavy (non-hydrogen) atoms. The van der Waals surface area contributed by atoms with E-state index in [4.69, 9.17) is 14.2 Å². The molecule has 0 spiro atoms. The van der Waals surface area contributed by atoms with Crippen LogP contribution in [0.15, 0.2) is 18.2 Å². The highest BCUT2D eigenvalue weighted by atomic mass is 16.5. The van der Waals surface area contributed by atoms with Crippen LogP contribution in [0.2, 0.25) is 0 Å². The molecule has 2 amide bonds. The molecule has 0 aliphatic carbocycles. The van der Waals surface area contributed by atoms with Crippen molar-refractivity contribution < 1.29 is 23.8 Å². The summed E-state index contributed by atoms with van der Waals surface area (Å²) in [6.45, 7) is 0.483. The first-order valence-electron chi connectivity index (χ1n) is 7.93. The lowest BCUT2D eigenvalue weighted by Gasteiger charge is -2.16. The van der Waals surface area contributed by atoms with Gasteiger partial charge in [-0.2, -0.15) is 0 Å². The molecule has 0 atom stereocenters. The van der Waals surface area contributed by atoms with E-state index in [0.717, 1.165) is 24.8 Å². The van der Waals surface area contributed by atoms with Crippen LogP contribution >= 0.6 is 0 Å². The first-order valence-corrected chi connectivity index (χ1v) is 7.93. The van der Waals surface area contributed by atoms with Gasteiger partial charge in [-0.1, -0.05) is 6.42 Å². The van der Waals surface area contributed by atoms with E-state index in [1.807, 2.05) is 0 Å². The third-order valence-electron chi connectivity index (χ3n) is 3.94. The van der Waals surface area contributed by atoms with Gasteiger partial charge in [-0.25, -0.2) is 0 Å². The Morgan fingerprint density at radius 2 is 1.71 bits per heavy atom. The quantitative estimate of drug-likeness (QED) is 0.775. The van der Waals surface area contributed by atoms with Crippen LogP contribution in [-0.4, -0.2) is 44.6 Å². The summed E-state index contributed by atoms with van der Waals surface area (Å²) in [5.74, 6) is 1.11. The van der Waals surface area contributed by atoms with Gasteiger partial charge in [-0.15, -0.1) is 0 Å². The average Bonchev–Trinajstić information content (AvgIpc) is 2.82. The third kappa shape index (κ3) is 4.07. The van der Waals surface area contributed by atoms with E-state index in [1.54, 1.807) is 18.2 Å². The SMILES string of the molecule is COc1cc(/C=C/C(=O)N2CCCCCC2=O)cc(OC)c1OC. The minimum atomic E-state index is -0.296. The molecule has 1 aromatic carbocycles. The number of benzene rings is 1. The van der Waals surface area contributed by atoms with Gasteiger partial charge in [0.25, 0.3) is 5.91 Å². The molecule has 1 aromatic rings. The van der Waals surface area contributed by atoms with Gasteiger partial charge in [0.15, 0.2) is 11.5 Å². The number of carbonyl (C=O) groups is 2. The highest BCUT2D eigenvalue weighted by Crippen LogP contribution is 2.38. The number of imide groups is 1. The molecule has 130 valence electrons. The summed E-state index contributed by atoms with van der Waals surface area (Å²) in [4.78, 5) is 25.6. The van der Waals surface area contributed by atoms with Crippen LogP contribution in [0.4, 0.5) is 0 Å². The van der Waals surface area contributed by atoms with Gasteiger partial charge in [0.05, 0.1) is 21.3 Å². The summed E-state index contributed by atoms with van der Waals surface area (Å²) in [5.41, 5.74) is 0.722. The van der Waals surface area contributed by atoms with E-state index < -0.39 is 0 Å². The minimum absolute atomic E-state index is 0.105. The average molecular weight is 333 g/mol. The van der Waals surface area contributed by atoms with Crippen LogP contribution < -0.4 is 14.2 Å². The van der Waals surface area contributed by atoms with Crippen LogP contribution in [0.25, 0.3) is 6.08 Å². The van der Waals surface area contributed by atoms with Crippen molar-refractivity contribution in [2.24, 2.45) is 0 Å². The van der Waals surface area contributed by atoms with E-state index in [-0.39, 0.29) is 11.8 Å². The largest absolute Gasteiger partial charge is 0.493 e. The molecule has 1 fully saturated rings. The molecule has 1 heterocycles. The fraction of sp³-hybridized carbons (Fsp3) is 0.444. The van der Waals surface area contributed by atoms with Gasteiger partial charge < -0.3 is 14.2 Å². The van der Waals surface area contributed by atoms with Crippen molar-refractivity contribution in [3.63, 3.8) is 0 Å². The molecular formula is C18H23NO5. The maximum absolute atomic E-state index is 12.3. The highest BCUT2D eigenvalue weighted by molar-refractivity contribution is 6.03. The van der Waals surface area contributed by atoms with Crippen molar-refractivity contribution in [3.8, 4) is 17.2 Å². The summed E-state index contributed by atoms with van der Waals surface area (Å²) >= 11 is 0. The third-order valence-corrected chi connectivity index (χ3v) is 3.94. The Morgan fingerprint density at radius 3 is 2.29 bits per heavy atom. The number of nitrogens with zero attached hydrogens (tertiary/aromatic N) is 1. The maximum Gasteiger partial charge on any atom is 0.253 e. The molecule has 1 saturated heterocycles. The van der Waals surface area contributed by atoms with Crippen LogP contribution in [0.5, 0.6) is 17.2 Å². The normalized spacial score (nSPS) is 15.3. The van der Waals surface area contributed by atoms with Crippen molar-refractivity contribution in [3.05, 3.63) is 23.8 Å². The second-order valence-electron chi connectivity index (χ2n) is 5.49. The molecular weight excluding hydrogens is 310 g/mol.